The third kappa shape index (κ3) is 4.06. The molecule has 0 N–H and O–H groups in total. The molecule has 1 saturated heterocycles. The third-order valence-corrected chi connectivity index (χ3v) is 5.61. The van der Waals surface area contributed by atoms with Gasteiger partial charge in [0.05, 0.1) is 15.6 Å². The van der Waals surface area contributed by atoms with E-state index >= 15 is 0 Å². The second-order valence-electron chi connectivity index (χ2n) is 6.85. The van der Waals surface area contributed by atoms with Crippen LogP contribution in [-0.2, 0) is 0 Å². The first-order valence-corrected chi connectivity index (χ1v) is 10.1. The maximum absolute atomic E-state index is 13.2. The summed E-state index contributed by atoms with van der Waals surface area (Å²) in [6.45, 7) is 1.39. The van der Waals surface area contributed by atoms with E-state index in [0.29, 0.717) is 42.5 Å². The fraction of sp³-hybridized carbons (Fsp3) is 0.182. The van der Waals surface area contributed by atoms with Crippen LogP contribution >= 0.6 is 23.2 Å². The summed E-state index contributed by atoms with van der Waals surface area (Å²) in [7, 11) is 0. The molecule has 8 heteroatoms. The fourth-order valence-corrected chi connectivity index (χ4v) is 3.84. The van der Waals surface area contributed by atoms with E-state index in [-0.39, 0.29) is 28.2 Å². The van der Waals surface area contributed by atoms with E-state index in [2.05, 4.69) is 0 Å². The SMILES string of the molecule is O=C(c1ccc(-c2ccccc2Cl)o1)N1CCN(C(=O)c2ccc(F)cc2Cl)CC1. The van der Waals surface area contributed by atoms with Crippen LogP contribution in [0, 0.1) is 5.82 Å². The van der Waals surface area contributed by atoms with Gasteiger partial charge < -0.3 is 14.2 Å². The molecule has 0 aliphatic carbocycles. The minimum absolute atomic E-state index is 0.0705. The summed E-state index contributed by atoms with van der Waals surface area (Å²) in [6.07, 6.45) is 0. The molecule has 1 aliphatic rings. The molecule has 1 fully saturated rings. The summed E-state index contributed by atoms with van der Waals surface area (Å²) in [5.74, 6) is -0.303. The first kappa shape index (κ1) is 20.4. The Hall–Kier alpha value is -2.83. The van der Waals surface area contributed by atoms with E-state index in [1.165, 1.54) is 12.1 Å². The van der Waals surface area contributed by atoms with Crippen LogP contribution in [0.5, 0.6) is 0 Å². The van der Waals surface area contributed by atoms with Gasteiger partial charge >= 0.3 is 0 Å². The lowest BCUT2D eigenvalue weighted by atomic mass is 10.1. The van der Waals surface area contributed by atoms with Crippen molar-refractivity contribution in [1.82, 2.24) is 9.80 Å². The average molecular weight is 447 g/mol. The number of piperazine rings is 1. The van der Waals surface area contributed by atoms with Crippen molar-refractivity contribution in [3.05, 3.63) is 81.8 Å². The number of hydrogen-bond acceptors (Lipinski definition) is 3. The van der Waals surface area contributed by atoms with E-state index in [4.69, 9.17) is 27.6 Å². The Kier molecular flexibility index (Phi) is 5.79. The molecule has 5 nitrogen and oxygen atoms in total. The molecule has 0 saturated carbocycles. The Morgan fingerprint density at radius 2 is 1.50 bits per heavy atom. The van der Waals surface area contributed by atoms with E-state index < -0.39 is 5.82 Å². The highest BCUT2D eigenvalue weighted by atomic mass is 35.5. The zero-order chi connectivity index (χ0) is 21.3. The van der Waals surface area contributed by atoms with Crippen LogP contribution in [0.1, 0.15) is 20.9 Å². The van der Waals surface area contributed by atoms with Gasteiger partial charge in [-0.25, -0.2) is 4.39 Å². The van der Waals surface area contributed by atoms with Gasteiger partial charge in [-0.15, -0.1) is 0 Å². The molecule has 30 heavy (non-hydrogen) atoms. The number of amides is 2. The van der Waals surface area contributed by atoms with Gasteiger partial charge in [0.1, 0.15) is 11.6 Å². The summed E-state index contributed by atoms with van der Waals surface area (Å²) >= 11 is 12.2. The monoisotopic (exact) mass is 446 g/mol. The fourth-order valence-electron chi connectivity index (χ4n) is 3.36. The first-order valence-electron chi connectivity index (χ1n) is 9.32. The molecular weight excluding hydrogens is 430 g/mol. The predicted octanol–water partition coefficient (Wildman–Crippen LogP) is 4.99. The smallest absolute Gasteiger partial charge is 0.289 e. The Morgan fingerprint density at radius 1 is 0.833 bits per heavy atom. The molecule has 3 aromatic rings. The van der Waals surface area contributed by atoms with Crippen molar-refractivity contribution < 1.29 is 18.4 Å². The molecule has 2 amide bonds. The number of halogens is 3. The number of carbonyl (C=O) groups is 2. The molecule has 1 aromatic heterocycles. The van der Waals surface area contributed by atoms with E-state index in [1.54, 1.807) is 28.0 Å². The summed E-state index contributed by atoms with van der Waals surface area (Å²) < 4.78 is 18.9. The number of nitrogens with zero attached hydrogens (tertiary/aromatic N) is 2. The van der Waals surface area contributed by atoms with E-state index in [1.807, 2.05) is 18.2 Å². The molecule has 1 aliphatic heterocycles. The Balaban J connectivity index is 1.41. The lowest BCUT2D eigenvalue weighted by molar-refractivity contribution is 0.0518. The average Bonchev–Trinajstić information content (AvgIpc) is 3.23. The zero-order valence-corrected chi connectivity index (χ0v) is 17.3. The molecule has 0 bridgehead atoms. The van der Waals surface area contributed by atoms with Gasteiger partial charge in [-0.2, -0.15) is 0 Å². The van der Waals surface area contributed by atoms with Crippen LogP contribution in [-0.4, -0.2) is 47.8 Å². The summed E-state index contributed by atoms with van der Waals surface area (Å²) in [5.41, 5.74) is 0.957. The molecule has 4 rings (SSSR count). The Bertz CT molecular complexity index is 1110. The van der Waals surface area contributed by atoms with Crippen LogP contribution in [0.15, 0.2) is 59.0 Å². The number of rotatable bonds is 3. The van der Waals surface area contributed by atoms with Crippen molar-refractivity contribution in [2.24, 2.45) is 0 Å². The molecular formula is C22H17Cl2FN2O3. The van der Waals surface area contributed by atoms with Gasteiger partial charge in [0.2, 0.25) is 0 Å². The van der Waals surface area contributed by atoms with Crippen molar-refractivity contribution in [3.63, 3.8) is 0 Å². The lowest BCUT2D eigenvalue weighted by Crippen LogP contribution is -2.50. The van der Waals surface area contributed by atoms with Gasteiger partial charge in [-0.3, -0.25) is 9.59 Å². The quantitative estimate of drug-likeness (QED) is 0.569. The van der Waals surface area contributed by atoms with Crippen LogP contribution in [0.4, 0.5) is 4.39 Å². The maximum atomic E-state index is 13.2. The van der Waals surface area contributed by atoms with Crippen molar-refractivity contribution in [2.75, 3.05) is 26.2 Å². The predicted molar refractivity (Wildman–Crippen MR) is 112 cm³/mol. The molecule has 0 atom stereocenters. The van der Waals surface area contributed by atoms with Crippen molar-refractivity contribution in [1.29, 1.82) is 0 Å². The summed E-state index contributed by atoms with van der Waals surface area (Å²) in [6, 6.07) is 14.3. The summed E-state index contributed by atoms with van der Waals surface area (Å²) in [4.78, 5) is 28.7. The minimum atomic E-state index is -0.499. The van der Waals surface area contributed by atoms with Gasteiger partial charge in [0.25, 0.3) is 11.8 Å². The third-order valence-electron chi connectivity index (χ3n) is 4.97. The minimum Gasteiger partial charge on any atom is -0.451 e. The lowest BCUT2D eigenvalue weighted by Gasteiger charge is -2.34. The van der Waals surface area contributed by atoms with Crippen LogP contribution in [0.25, 0.3) is 11.3 Å². The highest BCUT2D eigenvalue weighted by Crippen LogP contribution is 2.29. The molecule has 2 aromatic carbocycles. The maximum Gasteiger partial charge on any atom is 0.289 e. The van der Waals surface area contributed by atoms with Crippen molar-refractivity contribution in [3.8, 4) is 11.3 Å². The zero-order valence-electron chi connectivity index (χ0n) is 15.8. The molecule has 0 radical (unpaired) electrons. The number of benzene rings is 2. The van der Waals surface area contributed by atoms with Crippen LogP contribution < -0.4 is 0 Å². The molecule has 0 spiro atoms. The summed E-state index contributed by atoms with van der Waals surface area (Å²) in [5, 5.41) is 0.610. The number of furan rings is 1. The number of carbonyl (C=O) groups excluding carboxylic acids is 2. The molecule has 0 unspecified atom stereocenters. The van der Waals surface area contributed by atoms with Crippen LogP contribution in [0.3, 0.4) is 0 Å². The van der Waals surface area contributed by atoms with Crippen molar-refractivity contribution >= 4 is 35.0 Å². The van der Waals surface area contributed by atoms with E-state index in [0.717, 1.165) is 6.07 Å². The van der Waals surface area contributed by atoms with Crippen LogP contribution in [0.2, 0.25) is 10.0 Å². The van der Waals surface area contributed by atoms with Gasteiger partial charge in [0.15, 0.2) is 5.76 Å². The normalized spacial score (nSPS) is 14.1. The second kappa shape index (κ2) is 8.50. The molecule has 2 heterocycles. The van der Waals surface area contributed by atoms with E-state index in [9.17, 15) is 14.0 Å². The molecule has 154 valence electrons. The number of hydrogen-bond donors (Lipinski definition) is 0. The van der Waals surface area contributed by atoms with Gasteiger partial charge in [-0.1, -0.05) is 35.3 Å². The standard InChI is InChI=1S/C22H17Cl2FN2O3/c23-17-4-2-1-3-15(17)19-7-8-20(30-19)22(29)27-11-9-26(10-12-27)21(28)16-6-5-14(25)13-18(16)24/h1-8,13H,9-12H2. The largest absolute Gasteiger partial charge is 0.451 e. The second-order valence-corrected chi connectivity index (χ2v) is 7.67. The van der Waals surface area contributed by atoms with Gasteiger partial charge in [-0.05, 0) is 42.5 Å². The Morgan fingerprint density at radius 3 is 2.17 bits per heavy atom. The highest BCUT2D eigenvalue weighted by molar-refractivity contribution is 6.34. The highest BCUT2D eigenvalue weighted by Gasteiger charge is 2.28. The topological polar surface area (TPSA) is 53.8 Å². The van der Waals surface area contributed by atoms with Gasteiger partial charge in [0, 0.05) is 31.7 Å². The van der Waals surface area contributed by atoms with Crippen molar-refractivity contribution in [2.45, 2.75) is 0 Å². The Labute approximate surface area is 182 Å². The first-order chi connectivity index (χ1) is 14.4.